The Bertz CT molecular complexity index is 1380. The highest BCUT2D eigenvalue weighted by molar-refractivity contribution is 5.72. The molecule has 0 bridgehead atoms. The largest absolute Gasteiger partial charge is 0.494 e. The molecule has 0 fully saturated rings. The van der Waals surface area contributed by atoms with Crippen molar-refractivity contribution in [2.75, 3.05) is 13.2 Å². The van der Waals surface area contributed by atoms with Crippen LogP contribution in [0.4, 0.5) is 13.2 Å². The smallest absolute Gasteiger partial charge is 0.168 e. The van der Waals surface area contributed by atoms with E-state index in [2.05, 4.69) is 13.5 Å². The van der Waals surface area contributed by atoms with Gasteiger partial charge in [-0.25, -0.2) is 13.2 Å². The van der Waals surface area contributed by atoms with Crippen LogP contribution in [0.1, 0.15) is 31.7 Å². The molecule has 0 unspecified atom stereocenters. The van der Waals surface area contributed by atoms with Crippen molar-refractivity contribution in [1.29, 1.82) is 0 Å². The van der Waals surface area contributed by atoms with Crippen molar-refractivity contribution in [3.8, 4) is 39.5 Å². The maximum atomic E-state index is 15.1. The predicted molar refractivity (Wildman–Crippen MR) is 149 cm³/mol. The van der Waals surface area contributed by atoms with Crippen LogP contribution in [0.2, 0.25) is 0 Å². The quantitative estimate of drug-likeness (QED) is 0.127. The van der Waals surface area contributed by atoms with E-state index >= 15 is 8.78 Å². The van der Waals surface area contributed by atoms with E-state index < -0.39 is 17.5 Å². The van der Waals surface area contributed by atoms with Gasteiger partial charge in [0.1, 0.15) is 18.1 Å². The number of benzene rings is 4. The van der Waals surface area contributed by atoms with E-state index in [1.165, 1.54) is 12.1 Å². The molecule has 0 aliphatic carbocycles. The number of ether oxygens (including phenoxy) is 3. The van der Waals surface area contributed by atoms with Crippen LogP contribution in [-0.2, 0) is 6.61 Å². The molecule has 0 saturated heterocycles. The van der Waals surface area contributed by atoms with E-state index in [0.717, 1.165) is 18.4 Å². The van der Waals surface area contributed by atoms with E-state index in [0.29, 0.717) is 42.3 Å². The van der Waals surface area contributed by atoms with Gasteiger partial charge in [0.25, 0.3) is 0 Å². The molecule has 0 atom stereocenters. The predicted octanol–water partition coefficient (Wildman–Crippen LogP) is 9.15. The van der Waals surface area contributed by atoms with Gasteiger partial charge in [0.15, 0.2) is 23.2 Å². The number of unbranched alkanes of at least 4 members (excludes halogenated alkanes) is 1. The van der Waals surface area contributed by atoms with Crippen molar-refractivity contribution in [3.05, 3.63) is 115 Å². The minimum absolute atomic E-state index is 0.155. The zero-order valence-electron chi connectivity index (χ0n) is 21.9. The van der Waals surface area contributed by atoms with Crippen LogP contribution >= 0.6 is 0 Å². The molecule has 4 rings (SSSR count). The lowest BCUT2D eigenvalue weighted by atomic mass is 9.98. The van der Waals surface area contributed by atoms with Gasteiger partial charge in [-0.3, -0.25) is 0 Å². The van der Waals surface area contributed by atoms with Crippen LogP contribution < -0.4 is 14.2 Å². The van der Waals surface area contributed by atoms with Gasteiger partial charge in [0.05, 0.1) is 13.2 Å². The molecule has 0 aliphatic heterocycles. The summed E-state index contributed by atoms with van der Waals surface area (Å²) in [5, 5.41) is 0. The number of halogens is 3. The molecule has 0 spiro atoms. The molecule has 39 heavy (non-hydrogen) atoms. The summed E-state index contributed by atoms with van der Waals surface area (Å²) in [6.45, 7) is 6.85. The molecule has 0 radical (unpaired) electrons. The fourth-order valence-electron chi connectivity index (χ4n) is 3.95. The van der Waals surface area contributed by atoms with Gasteiger partial charge >= 0.3 is 0 Å². The third-order valence-electron chi connectivity index (χ3n) is 6.17. The van der Waals surface area contributed by atoms with Gasteiger partial charge in [0, 0.05) is 17.2 Å². The molecule has 0 N–H and O–H groups in total. The fraction of sp³-hybridized carbons (Fsp3) is 0.212. The first kappa shape index (κ1) is 27.8. The van der Waals surface area contributed by atoms with Gasteiger partial charge in [0.2, 0.25) is 0 Å². The van der Waals surface area contributed by atoms with Crippen LogP contribution in [0.15, 0.2) is 91.5 Å². The van der Waals surface area contributed by atoms with Crippen molar-refractivity contribution < 1.29 is 27.4 Å². The molecule has 202 valence electrons. The molecule has 0 heterocycles. The van der Waals surface area contributed by atoms with Gasteiger partial charge in [-0.15, -0.1) is 6.58 Å². The summed E-state index contributed by atoms with van der Waals surface area (Å²) in [4.78, 5) is 0. The first-order valence-corrected chi connectivity index (χ1v) is 13.0. The first-order chi connectivity index (χ1) is 19.0. The Hall–Kier alpha value is -4.19. The highest BCUT2D eigenvalue weighted by Crippen LogP contribution is 2.32. The Morgan fingerprint density at radius 3 is 1.90 bits per heavy atom. The van der Waals surface area contributed by atoms with Crippen molar-refractivity contribution in [2.45, 2.75) is 32.8 Å². The molecule has 4 aromatic carbocycles. The number of hydrogen-bond donors (Lipinski definition) is 0. The Morgan fingerprint density at radius 2 is 1.31 bits per heavy atom. The van der Waals surface area contributed by atoms with Crippen LogP contribution in [-0.4, -0.2) is 13.2 Å². The lowest BCUT2D eigenvalue weighted by molar-refractivity contribution is 0.293. The highest BCUT2D eigenvalue weighted by Gasteiger charge is 2.16. The lowest BCUT2D eigenvalue weighted by Gasteiger charge is -2.12. The standard InChI is InChI=1S/C33H31F3O3/c1-3-5-19-37-26-13-11-25(12-14-26)29-17-16-28(32(35)33(29)36)24-9-7-23(8-10-24)22-39-27-15-18-31(30(34)21-27)38-20-6-4-2/h4,7-18,21H,2-3,5-6,19-20,22H2,1H3. The lowest BCUT2D eigenvalue weighted by Crippen LogP contribution is -2.00. The zero-order valence-corrected chi connectivity index (χ0v) is 21.9. The molecule has 0 aliphatic rings. The average Bonchev–Trinajstić information content (AvgIpc) is 2.95. The summed E-state index contributed by atoms with van der Waals surface area (Å²) in [6, 6.07) is 21.5. The summed E-state index contributed by atoms with van der Waals surface area (Å²) in [5.41, 5.74) is 2.25. The second-order valence-electron chi connectivity index (χ2n) is 9.02. The summed E-state index contributed by atoms with van der Waals surface area (Å²) in [7, 11) is 0. The molecule has 4 aromatic rings. The van der Waals surface area contributed by atoms with Gasteiger partial charge in [-0.05, 0) is 53.8 Å². The number of rotatable bonds is 13. The van der Waals surface area contributed by atoms with Crippen molar-refractivity contribution in [1.82, 2.24) is 0 Å². The monoisotopic (exact) mass is 532 g/mol. The average molecular weight is 533 g/mol. The summed E-state index contributed by atoms with van der Waals surface area (Å²) in [5.74, 6) is -1.11. The third-order valence-corrected chi connectivity index (χ3v) is 6.17. The Balaban J connectivity index is 1.40. The minimum atomic E-state index is -0.911. The summed E-state index contributed by atoms with van der Waals surface area (Å²) >= 11 is 0. The minimum Gasteiger partial charge on any atom is -0.494 e. The van der Waals surface area contributed by atoms with Crippen molar-refractivity contribution >= 4 is 0 Å². The molecule has 0 amide bonds. The van der Waals surface area contributed by atoms with Gasteiger partial charge < -0.3 is 14.2 Å². The second kappa shape index (κ2) is 13.6. The highest BCUT2D eigenvalue weighted by atomic mass is 19.2. The molecular formula is C33H31F3O3. The molecule has 3 nitrogen and oxygen atoms in total. The number of hydrogen-bond acceptors (Lipinski definition) is 3. The normalized spacial score (nSPS) is 10.8. The zero-order chi connectivity index (χ0) is 27.6. The van der Waals surface area contributed by atoms with E-state index in [9.17, 15) is 4.39 Å². The first-order valence-electron chi connectivity index (χ1n) is 13.0. The second-order valence-corrected chi connectivity index (χ2v) is 9.02. The fourth-order valence-corrected chi connectivity index (χ4v) is 3.95. The van der Waals surface area contributed by atoms with Gasteiger partial charge in [-0.2, -0.15) is 0 Å². The Kier molecular flexibility index (Phi) is 9.68. The summed E-state index contributed by atoms with van der Waals surface area (Å²) < 4.78 is 61.0. The van der Waals surface area contributed by atoms with Crippen molar-refractivity contribution in [2.24, 2.45) is 0 Å². The molecule has 6 heteroatoms. The molecule has 0 aromatic heterocycles. The van der Waals surface area contributed by atoms with Crippen LogP contribution in [0, 0.1) is 17.5 Å². The van der Waals surface area contributed by atoms with Crippen LogP contribution in [0.5, 0.6) is 17.2 Å². The third kappa shape index (κ3) is 7.23. The topological polar surface area (TPSA) is 27.7 Å². The van der Waals surface area contributed by atoms with Crippen LogP contribution in [0.3, 0.4) is 0 Å². The maximum absolute atomic E-state index is 15.1. The van der Waals surface area contributed by atoms with E-state index in [1.807, 2.05) is 0 Å². The maximum Gasteiger partial charge on any atom is 0.168 e. The van der Waals surface area contributed by atoms with Crippen molar-refractivity contribution in [3.63, 3.8) is 0 Å². The summed E-state index contributed by atoms with van der Waals surface area (Å²) in [6.07, 6.45) is 4.31. The van der Waals surface area contributed by atoms with E-state index in [1.54, 1.807) is 72.8 Å². The van der Waals surface area contributed by atoms with E-state index in [4.69, 9.17) is 14.2 Å². The van der Waals surface area contributed by atoms with E-state index in [-0.39, 0.29) is 23.5 Å². The SMILES string of the molecule is C=CCCOc1ccc(OCc2ccc(-c3ccc(-c4ccc(OCCCC)cc4)c(F)c3F)cc2)cc1F. The van der Waals surface area contributed by atoms with Crippen LogP contribution in [0.25, 0.3) is 22.3 Å². The van der Waals surface area contributed by atoms with Gasteiger partial charge in [-0.1, -0.05) is 68.0 Å². The molecular weight excluding hydrogens is 501 g/mol. The Morgan fingerprint density at radius 1 is 0.692 bits per heavy atom. The Labute approximate surface area is 227 Å². The molecule has 0 saturated carbocycles.